The molecule has 0 bridgehead atoms. The Hall–Kier alpha value is -2.67. The number of aryl methyl sites for hydroxylation is 2. The average Bonchev–Trinajstić information content (AvgIpc) is 3.10. The van der Waals surface area contributed by atoms with E-state index in [1.54, 1.807) is 4.68 Å². The third-order valence-corrected chi connectivity index (χ3v) is 5.33. The van der Waals surface area contributed by atoms with Crippen LogP contribution in [0.25, 0.3) is 5.69 Å². The molecule has 0 saturated carbocycles. The lowest BCUT2D eigenvalue weighted by molar-refractivity contribution is -0.120. The van der Waals surface area contributed by atoms with Crippen LogP contribution in [0.1, 0.15) is 23.6 Å². The van der Waals surface area contributed by atoms with Gasteiger partial charge in [-0.3, -0.25) is 4.79 Å². The quantitative estimate of drug-likeness (QED) is 0.637. The average molecular weight is 382 g/mol. The first-order valence-corrected chi connectivity index (χ1v) is 9.77. The molecule has 1 heterocycles. The molecule has 0 aliphatic heterocycles. The number of benzene rings is 2. The lowest BCUT2D eigenvalue weighted by Gasteiger charge is -2.13. The topological polar surface area (TPSA) is 72.7 Å². The molecule has 1 amide bonds. The number of hydrogen-bond donors (Lipinski definition) is 1. The Balaban J connectivity index is 1.62. The van der Waals surface area contributed by atoms with Gasteiger partial charge in [0, 0.05) is 6.54 Å². The van der Waals surface area contributed by atoms with Crippen molar-refractivity contribution in [3.05, 3.63) is 65.2 Å². The normalized spacial score (nSPS) is 12.0. The second-order valence-electron chi connectivity index (χ2n) is 6.40. The lowest BCUT2D eigenvalue weighted by atomic mass is 10.1. The number of nitrogens with zero attached hydrogens (tertiary/aromatic N) is 4. The van der Waals surface area contributed by atoms with E-state index in [9.17, 15) is 4.79 Å². The number of tetrazole rings is 1. The zero-order valence-corrected chi connectivity index (χ0v) is 16.5. The van der Waals surface area contributed by atoms with Crippen molar-refractivity contribution < 1.29 is 4.79 Å². The van der Waals surface area contributed by atoms with Crippen molar-refractivity contribution in [1.29, 1.82) is 0 Å². The van der Waals surface area contributed by atoms with Crippen molar-refractivity contribution >= 4 is 17.7 Å². The molecule has 1 aromatic heterocycles. The minimum absolute atomic E-state index is 0.0213. The smallest absolute Gasteiger partial charge is 0.233 e. The van der Waals surface area contributed by atoms with E-state index < -0.39 is 0 Å². The Labute approximate surface area is 163 Å². The van der Waals surface area contributed by atoms with Crippen LogP contribution >= 0.6 is 11.8 Å². The molecule has 3 rings (SSSR count). The van der Waals surface area contributed by atoms with Gasteiger partial charge in [-0.1, -0.05) is 60.3 Å². The van der Waals surface area contributed by atoms with Crippen LogP contribution in [0.15, 0.2) is 53.7 Å². The molecule has 2 aromatic carbocycles. The van der Waals surface area contributed by atoms with E-state index in [2.05, 4.69) is 33.0 Å². The molecule has 0 radical (unpaired) electrons. The van der Waals surface area contributed by atoms with E-state index in [4.69, 9.17) is 0 Å². The van der Waals surface area contributed by atoms with Crippen molar-refractivity contribution in [2.45, 2.75) is 37.6 Å². The standard InChI is InChI=1S/C20H23N5OS/c1-14-8-7-9-15(2)18(14)25-20(22-23-24-25)27-16(3)19(26)21-13-12-17-10-5-4-6-11-17/h4-11,16H,12-13H2,1-3H3,(H,21,26)/t16-/m0/s1. The van der Waals surface area contributed by atoms with Gasteiger partial charge in [0.1, 0.15) is 0 Å². The summed E-state index contributed by atoms with van der Waals surface area (Å²) in [7, 11) is 0. The maximum atomic E-state index is 12.4. The van der Waals surface area contributed by atoms with Crippen molar-refractivity contribution in [3.63, 3.8) is 0 Å². The third-order valence-electron chi connectivity index (χ3n) is 4.30. The molecular formula is C20H23N5OS. The Morgan fingerprint density at radius 1 is 1.11 bits per heavy atom. The van der Waals surface area contributed by atoms with E-state index in [-0.39, 0.29) is 11.2 Å². The van der Waals surface area contributed by atoms with Crippen molar-refractivity contribution in [1.82, 2.24) is 25.5 Å². The predicted molar refractivity (Wildman–Crippen MR) is 107 cm³/mol. The van der Waals surface area contributed by atoms with Crippen LogP contribution in [0.4, 0.5) is 0 Å². The molecule has 1 N–H and O–H groups in total. The molecule has 27 heavy (non-hydrogen) atoms. The van der Waals surface area contributed by atoms with E-state index in [0.717, 1.165) is 23.2 Å². The molecule has 1 atom stereocenters. The monoisotopic (exact) mass is 381 g/mol. The van der Waals surface area contributed by atoms with Gasteiger partial charge in [-0.15, -0.1) is 5.10 Å². The first-order valence-electron chi connectivity index (χ1n) is 8.89. The number of amides is 1. The molecule has 0 saturated heterocycles. The number of para-hydroxylation sites is 1. The van der Waals surface area contributed by atoms with Crippen LogP contribution < -0.4 is 5.32 Å². The second kappa shape index (κ2) is 8.81. The number of thioether (sulfide) groups is 1. The van der Waals surface area contributed by atoms with Gasteiger partial charge in [-0.25, -0.2) is 0 Å². The summed E-state index contributed by atoms with van der Waals surface area (Å²) in [5.41, 5.74) is 4.34. The highest BCUT2D eigenvalue weighted by Crippen LogP contribution is 2.26. The summed E-state index contributed by atoms with van der Waals surface area (Å²) < 4.78 is 1.71. The first-order chi connectivity index (χ1) is 13.1. The summed E-state index contributed by atoms with van der Waals surface area (Å²) >= 11 is 1.36. The van der Waals surface area contributed by atoms with Crippen molar-refractivity contribution in [3.8, 4) is 5.69 Å². The maximum Gasteiger partial charge on any atom is 0.233 e. The number of carbonyl (C=O) groups is 1. The van der Waals surface area contributed by atoms with E-state index >= 15 is 0 Å². The predicted octanol–water partition coefficient (Wildman–Crippen LogP) is 3.12. The van der Waals surface area contributed by atoms with Crippen LogP contribution in [0.5, 0.6) is 0 Å². The molecular weight excluding hydrogens is 358 g/mol. The molecule has 0 spiro atoms. The number of hydrogen-bond acceptors (Lipinski definition) is 5. The Bertz CT molecular complexity index is 889. The van der Waals surface area contributed by atoms with E-state index in [1.165, 1.54) is 17.3 Å². The van der Waals surface area contributed by atoms with Gasteiger partial charge >= 0.3 is 0 Å². The fourth-order valence-corrected chi connectivity index (χ4v) is 3.68. The summed E-state index contributed by atoms with van der Waals surface area (Å²) in [6.07, 6.45) is 0.810. The molecule has 7 heteroatoms. The van der Waals surface area contributed by atoms with Crippen molar-refractivity contribution in [2.24, 2.45) is 0 Å². The van der Waals surface area contributed by atoms with Gasteiger partial charge in [0.15, 0.2) is 0 Å². The maximum absolute atomic E-state index is 12.4. The summed E-state index contributed by atoms with van der Waals surface area (Å²) in [5.74, 6) is -0.0213. The first kappa shape index (κ1) is 19.1. The molecule has 6 nitrogen and oxygen atoms in total. The highest BCUT2D eigenvalue weighted by Gasteiger charge is 2.20. The zero-order chi connectivity index (χ0) is 19.2. The Morgan fingerprint density at radius 2 is 1.81 bits per heavy atom. The fourth-order valence-electron chi connectivity index (χ4n) is 2.86. The number of rotatable bonds is 7. The summed E-state index contributed by atoms with van der Waals surface area (Å²) in [4.78, 5) is 12.4. The van der Waals surface area contributed by atoms with Crippen LogP contribution in [-0.2, 0) is 11.2 Å². The van der Waals surface area contributed by atoms with E-state index in [1.807, 2.05) is 57.2 Å². The lowest BCUT2D eigenvalue weighted by Crippen LogP contribution is -2.32. The molecule has 140 valence electrons. The fraction of sp³-hybridized carbons (Fsp3) is 0.300. The zero-order valence-electron chi connectivity index (χ0n) is 15.7. The van der Waals surface area contributed by atoms with Crippen molar-refractivity contribution in [2.75, 3.05) is 6.54 Å². The molecule has 3 aromatic rings. The molecule has 0 aliphatic rings. The highest BCUT2D eigenvalue weighted by atomic mass is 32.2. The van der Waals surface area contributed by atoms with Gasteiger partial charge < -0.3 is 5.32 Å². The minimum Gasteiger partial charge on any atom is -0.355 e. The Kier molecular flexibility index (Phi) is 6.24. The summed E-state index contributed by atoms with van der Waals surface area (Å²) in [6.45, 7) is 6.53. The number of carbonyl (C=O) groups excluding carboxylic acids is 1. The van der Waals surface area contributed by atoms with Gasteiger partial charge in [-0.05, 0) is 54.3 Å². The van der Waals surface area contributed by atoms with Crippen LogP contribution in [-0.4, -0.2) is 37.9 Å². The van der Waals surface area contributed by atoms with E-state index in [0.29, 0.717) is 11.7 Å². The largest absolute Gasteiger partial charge is 0.355 e. The number of aromatic nitrogens is 4. The number of nitrogens with one attached hydrogen (secondary N) is 1. The summed E-state index contributed by atoms with van der Waals surface area (Å²) in [6, 6.07) is 16.2. The van der Waals surface area contributed by atoms with Crippen LogP contribution in [0.3, 0.4) is 0 Å². The molecule has 0 aliphatic carbocycles. The van der Waals surface area contributed by atoms with Gasteiger partial charge in [0.25, 0.3) is 0 Å². The summed E-state index contributed by atoms with van der Waals surface area (Å²) in [5, 5.41) is 15.3. The van der Waals surface area contributed by atoms with Gasteiger partial charge in [0.2, 0.25) is 11.1 Å². The van der Waals surface area contributed by atoms with Crippen LogP contribution in [0.2, 0.25) is 0 Å². The van der Waals surface area contributed by atoms with Gasteiger partial charge in [-0.2, -0.15) is 4.68 Å². The highest BCUT2D eigenvalue weighted by molar-refractivity contribution is 8.00. The molecule has 0 fully saturated rings. The Morgan fingerprint density at radius 3 is 2.52 bits per heavy atom. The third kappa shape index (κ3) is 4.74. The van der Waals surface area contributed by atoms with Gasteiger partial charge in [0.05, 0.1) is 10.9 Å². The SMILES string of the molecule is Cc1cccc(C)c1-n1nnnc1S[C@@H](C)C(=O)NCCc1ccccc1. The van der Waals surface area contributed by atoms with Crippen LogP contribution in [0, 0.1) is 13.8 Å². The minimum atomic E-state index is -0.296. The second-order valence-corrected chi connectivity index (χ2v) is 7.71. The molecule has 0 unspecified atom stereocenters.